The summed E-state index contributed by atoms with van der Waals surface area (Å²) in [6.07, 6.45) is 2.92. The molecule has 120 valence electrons. The number of hydrogen-bond acceptors (Lipinski definition) is 2. The maximum absolute atomic E-state index is 6.65. The molecule has 0 saturated heterocycles. The monoisotopic (exact) mass is 374 g/mol. The zero-order valence-electron chi connectivity index (χ0n) is 13.6. The Hall–Kier alpha value is -0.0900. The normalized spacial score (nSPS) is 13.7. The first-order valence-electron chi connectivity index (χ1n) is 7.89. The second kappa shape index (κ2) is 8.52. The van der Waals surface area contributed by atoms with Crippen LogP contribution in [0.4, 0.5) is 0 Å². The van der Waals surface area contributed by atoms with Gasteiger partial charge in [0.1, 0.15) is 0 Å². The van der Waals surface area contributed by atoms with Gasteiger partial charge in [0.15, 0.2) is 0 Å². The molecular weight excluding hydrogens is 348 g/mol. The van der Waals surface area contributed by atoms with Gasteiger partial charge in [0.25, 0.3) is 0 Å². The lowest BCUT2D eigenvalue weighted by molar-refractivity contribution is 0.0628. The Kier molecular flexibility index (Phi) is 7.69. The molecule has 0 aliphatic heterocycles. The third-order valence-corrected chi connectivity index (χ3v) is 5.61. The van der Waals surface area contributed by atoms with Crippen molar-refractivity contribution in [2.45, 2.75) is 58.5 Å². The average Bonchev–Trinajstić information content (AvgIpc) is 2.47. The van der Waals surface area contributed by atoms with Gasteiger partial charge in [0.05, 0.1) is 0 Å². The number of nitrogens with zero attached hydrogens (tertiary/aromatic N) is 1. The number of rotatable bonds is 8. The zero-order valence-corrected chi connectivity index (χ0v) is 16.0. The van der Waals surface area contributed by atoms with Crippen LogP contribution in [0.1, 0.15) is 46.1 Å². The molecular formula is C17H28BrClN2. The minimum Gasteiger partial charge on any atom is -0.326 e. The molecule has 1 aromatic rings. The molecule has 1 atom stereocenters. The van der Waals surface area contributed by atoms with Crippen molar-refractivity contribution in [2.24, 2.45) is 5.73 Å². The second-order valence-electron chi connectivity index (χ2n) is 5.53. The van der Waals surface area contributed by atoms with Crippen LogP contribution < -0.4 is 5.73 Å². The molecule has 2 N–H and O–H groups in total. The van der Waals surface area contributed by atoms with Crippen molar-refractivity contribution in [1.29, 1.82) is 0 Å². The molecule has 1 unspecified atom stereocenters. The lowest BCUT2D eigenvalue weighted by Gasteiger charge is -2.46. The first-order valence-corrected chi connectivity index (χ1v) is 9.06. The van der Waals surface area contributed by atoms with Gasteiger partial charge in [0, 0.05) is 21.1 Å². The summed E-state index contributed by atoms with van der Waals surface area (Å²) >= 11 is 9.81. The van der Waals surface area contributed by atoms with Crippen molar-refractivity contribution >= 4 is 27.5 Å². The van der Waals surface area contributed by atoms with Gasteiger partial charge in [-0.1, -0.05) is 61.3 Å². The first-order chi connectivity index (χ1) is 9.94. The fourth-order valence-corrected chi connectivity index (χ4v) is 4.17. The Morgan fingerprint density at radius 2 is 1.76 bits per heavy atom. The molecule has 21 heavy (non-hydrogen) atoms. The van der Waals surface area contributed by atoms with Gasteiger partial charge < -0.3 is 5.73 Å². The van der Waals surface area contributed by atoms with E-state index in [9.17, 15) is 0 Å². The van der Waals surface area contributed by atoms with Gasteiger partial charge >= 0.3 is 0 Å². The molecule has 2 nitrogen and oxygen atoms in total. The molecule has 0 aromatic heterocycles. The number of likely N-dealkylation sites (N-methyl/N-ethyl adjacent to an activating group) is 1. The van der Waals surface area contributed by atoms with Crippen LogP contribution in [0.2, 0.25) is 5.02 Å². The van der Waals surface area contributed by atoms with Gasteiger partial charge in [-0.05, 0) is 50.0 Å². The highest BCUT2D eigenvalue weighted by Crippen LogP contribution is 2.31. The minimum absolute atomic E-state index is 0.0416. The highest BCUT2D eigenvalue weighted by Gasteiger charge is 2.37. The van der Waals surface area contributed by atoms with E-state index in [1.807, 2.05) is 12.1 Å². The number of nitrogens with two attached hydrogens (primary N) is 1. The molecule has 4 heteroatoms. The minimum atomic E-state index is 0.0416. The van der Waals surface area contributed by atoms with E-state index in [1.54, 1.807) is 0 Å². The van der Waals surface area contributed by atoms with Gasteiger partial charge in [-0.15, -0.1) is 0 Å². The molecule has 0 saturated carbocycles. The summed E-state index contributed by atoms with van der Waals surface area (Å²) in [6, 6.07) is 6.13. The topological polar surface area (TPSA) is 29.3 Å². The smallest absolute Gasteiger partial charge is 0.0449 e. The quantitative estimate of drug-likeness (QED) is 0.702. The lowest BCUT2D eigenvalue weighted by Crippen LogP contribution is -2.60. The van der Waals surface area contributed by atoms with Crippen LogP contribution in [-0.4, -0.2) is 29.6 Å². The molecule has 0 fully saturated rings. The van der Waals surface area contributed by atoms with E-state index < -0.39 is 0 Å². The summed E-state index contributed by atoms with van der Waals surface area (Å²) in [5.41, 5.74) is 7.82. The van der Waals surface area contributed by atoms with Crippen LogP contribution in [0, 0.1) is 0 Å². The van der Waals surface area contributed by atoms with Crippen LogP contribution in [0.3, 0.4) is 0 Å². The third kappa shape index (κ3) is 4.22. The molecule has 1 rings (SSSR count). The molecule has 1 aromatic carbocycles. The Morgan fingerprint density at radius 1 is 1.19 bits per heavy atom. The Balaban J connectivity index is 3.03. The molecule has 0 aliphatic carbocycles. The summed E-state index contributed by atoms with van der Waals surface area (Å²) in [4.78, 5) is 2.50. The first kappa shape index (κ1) is 19.0. The standard InChI is InChI=1S/C17H28BrClN2/c1-5-17(6-2,21(7-3)8-4)16(20)11-13-9-10-14(18)12-15(13)19/h9-10,12,16H,5-8,11,20H2,1-4H3. The van der Waals surface area contributed by atoms with E-state index in [0.717, 1.165) is 47.4 Å². The van der Waals surface area contributed by atoms with Crippen molar-refractivity contribution in [2.75, 3.05) is 13.1 Å². The van der Waals surface area contributed by atoms with Crippen LogP contribution in [0.5, 0.6) is 0 Å². The number of halogens is 2. The molecule has 0 radical (unpaired) electrons. The lowest BCUT2D eigenvalue weighted by atomic mass is 9.80. The summed E-state index contributed by atoms with van der Waals surface area (Å²) < 4.78 is 1.01. The van der Waals surface area contributed by atoms with Crippen LogP contribution in [-0.2, 0) is 6.42 Å². The summed E-state index contributed by atoms with van der Waals surface area (Å²) in [5.74, 6) is 0. The third-order valence-electron chi connectivity index (χ3n) is 4.76. The fourth-order valence-electron chi connectivity index (χ4n) is 3.42. The summed E-state index contributed by atoms with van der Waals surface area (Å²) in [5, 5.41) is 0.792. The van der Waals surface area contributed by atoms with Crippen molar-refractivity contribution in [3.8, 4) is 0 Å². The summed E-state index contributed by atoms with van der Waals surface area (Å²) in [7, 11) is 0. The van der Waals surface area contributed by atoms with E-state index in [0.29, 0.717) is 0 Å². The Bertz CT molecular complexity index is 442. The predicted octanol–water partition coefficient (Wildman–Crippen LogP) is 4.87. The molecule has 0 amide bonds. The van der Waals surface area contributed by atoms with Crippen molar-refractivity contribution in [3.63, 3.8) is 0 Å². The summed E-state index contributed by atoms with van der Waals surface area (Å²) in [6.45, 7) is 11.0. The van der Waals surface area contributed by atoms with Gasteiger partial charge in [-0.2, -0.15) is 0 Å². The highest BCUT2D eigenvalue weighted by atomic mass is 79.9. The number of benzene rings is 1. The van der Waals surface area contributed by atoms with Crippen LogP contribution >= 0.6 is 27.5 Å². The van der Waals surface area contributed by atoms with Crippen LogP contribution in [0.25, 0.3) is 0 Å². The van der Waals surface area contributed by atoms with Gasteiger partial charge in [-0.25, -0.2) is 0 Å². The van der Waals surface area contributed by atoms with Gasteiger partial charge in [0.2, 0.25) is 0 Å². The molecule has 0 aliphatic rings. The second-order valence-corrected chi connectivity index (χ2v) is 6.85. The van der Waals surface area contributed by atoms with Crippen molar-refractivity contribution in [3.05, 3.63) is 33.3 Å². The van der Waals surface area contributed by atoms with Gasteiger partial charge in [-0.3, -0.25) is 4.90 Å². The highest BCUT2D eigenvalue weighted by molar-refractivity contribution is 9.10. The Labute approximate surface area is 143 Å². The Morgan fingerprint density at radius 3 is 2.19 bits per heavy atom. The largest absolute Gasteiger partial charge is 0.326 e. The van der Waals surface area contributed by atoms with Crippen molar-refractivity contribution < 1.29 is 0 Å². The van der Waals surface area contributed by atoms with E-state index >= 15 is 0 Å². The van der Waals surface area contributed by atoms with E-state index in [4.69, 9.17) is 17.3 Å². The maximum Gasteiger partial charge on any atom is 0.0449 e. The molecule has 0 spiro atoms. The predicted molar refractivity (Wildman–Crippen MR) is 97.1 cm³/mol. The van der Waals surface area contributed by atoms with Crippen LogP contribution in [0.15, 0.2) is 22.7 Å². The van der Waals surface area contributed by atoms with E-state index in [-0.39, 0.29) is 11.6 Å². The zero-order chi connectivity index (χ0) is 16.0. The van der Waals surface area contributed by atoms with E-state index in [2.05, 4.69) is 54.6 Å². The molecule has 0 heterocycles. The van der Waals surface area contributed by atoms with Crippen molar-refractivity contribution in [1.82, 2.24) is 4.90 Å². The van der Waals surface area contributed by atoms with E-state index in [1.165, 1.54) is 0 Å². The SMILES string of the molecule is CCN(CC)C(CC)(CC)C(N)Cc1ccc(Br)cc1Cl. The average molecular weight is 376 g/mol. The fraction of sp³-hybridized carbons (Fsp3) is 0.647. The number of hydrogen-bond donors (Lipinski definition) is 1. The molecule has 0 bridgehead atoms. The maximum atomic E-state index is 6.65.